The molecule has 0 atom stereocenters. The Bertz CT molecular complexity index is 1100. The zero-order valence-electron chi connectivity index (χ0n) is 18.8. The highest BCUT2D eigenvalue weighted by atomic mass is 16.5. The van der Waals surface area contributed by atoms with Gasteiger partial charge in [-0.05, 0) is 36.4 Å². The van der Waals surface area contributed by atoms with Crippen molar-refractivity contribution in [1.29, 1.82) is 0 Å². The van der Waals surface area contributed by atoms with Crippen molar-refractivity contribution in [3.05, 3.63) is 83.9 Å². The topological polar surface area (TPSA) is 71.1 Å². The van der Waals surface area contributed by atoms with Crippen molar-refractivity contribution < 1.29 is 19.1 Å². The van der Waals surface area contributed by atoms with E-state index in [-0.39, 0.29) is 11.8 Å². The number of rotatable bonds is 6. The van der Waals surface area contributed by atoms with Crippen LogP contribution < -0.4 is 14.8 Å². The summed E-state index contributed by atoms with van der Waals surface area (Å²) in [5.41, 5.74) is 2.79. The number of methoxy groups -OCH3 is 2. The van der Waals surface area contributed by atoms with Gasteiger partial charge in [-0.15, -0.1) is 0 Å². The number of anilines is 2. The minimum absolute atomic E-state index is 0.0517. The largest absolute Gasteiger partial charge is 0.497 e. The molecule has 1 N–H and O–H groups in total. The van der Waals surface area contributed by atoms with Crippen LogP contribution in [0.15, 0.2) is 72.8 Å². The quantitative estimate of drug-likeness (QED) is 0.620. The van der Waals surface area contributed by atoms with Crippen molar-refractivity contribution in [2.24, 2.45) is 0 Å². The number of carbonyl (C=O) groups excluding carboxylic acids is 2. The van der Waals surface area contributed by atoms with Gasteiger partial charge in [-0.3, -0.25) is 9.59 Å². The summed E-state index contributed by atoms with van der Waals surface area (Å²) in [4.78, 5) is 29.9. The van der Waals surface area contributed by atoms with Crippen LogP contribution >= 0.6 is 0 Å². The number of piperazine rings is 1. The number of hydrogen-bond donors (Lipinski definition) is 1. The lowest BCUT2D eigenvalue weighted by Crippen LogP contribution is -2.50. The molecule has 1 aliphatic rings. The molecule has 1 heterocycles. The minimum Gasteiger partial charge on any atom is -0.497 e. The molecule has 0 spiro atoms. The Kier molecular flexibility index (Phi) is 6.78. The average molecular weight is 446 g/mol. The van der Waals surface area contributed by atoms with Gasteiger partial charge in [0, 0.05) is 43.5 Å². The first-order chi connectivity index (χ1) is 16.1. The Hall–Kier alpha value is -4.00. The van der Waals surface area contributed by atoms with E-state index < -0.39 is 0 Å². The molecule has 4 rings (SSSR count). The normalized spacial score (nSPS) is 13.4. The van der Waals surface area contributed by atoms with E-state index in [1.807, 2.05) is 54.6 Å². The second-order valence-corrected chi connectivity index (χ2v) is 7.72. The van der Waals surface area contributed by atoms with E-state index in [1.54, 1.807) is 42.2 Å². The molecule has 0 saturated carbocycles. The van der Waals surface area contributed by atoms with Crippen molar-refractivity contribution in [3.63, 3.8) is 0 Å². The molecular weight excluding hydrogens is 418 g/mol. The van der Waals surface area contributed by atoms with Crippen molar-refractivity contribution in [3.8, 4) is 11.5 Å². The summed E-state index contributed by atoms with van der Waals surface area (Å²) >= 11 is 0. The highest BCUT2D eigenvalue weighted by Gasteiger charge is 2.27. The molecule has 170 valence electrons. The average Bonchev–Trinajstić information content (AvgIpc) is 2.88. The van der Waals surface area contributed by atoms with E-state index in [0.29, 0.717) is 48.8 Å². The van der Waals surface area contributed by atoms with Gasteiger partial charge in [0.25, 0.3) is 11.8 Å². The van der Waals surface area contributed by atoms with Crippen LogP contribution in [0.4, 0.5) is 11.4 Å². The fraction of sp³-hybridized carbons (Fsp3) is 0.231. The van der Waals surface area contributed by atoms with Crippen molar-refractivity contribution in [2.75, 3.05) is 45.7 Å². The van der Waals surface area contributed by atoms with Gasteiger partial charge in [-0.1, -0.05) is 30.3 Å². The minimum atomic E-state index is -0.106. The van der Waals surface area contributed by atoms with Gasteiger partial charge in [-0.25, -0.2) is 0 Å². The number of nitrogens with one attached hydrogen (secondary N) is 1. The zero-order chi connectivity index (χ0) is 23.2. The third kappa shape index (κ3) is 5.09. The molecule has 0 bridgehead atoms. The van der Waals surface area contributed by atoms with Gasteiger partial charge in [0.2, 0.25) is 0 Å². The summed E-state index contributed by atoms with van der Waals surface area (Å²) in [6.45, 7) is 1.84. The first-order valence-electron chi connectivity index (χ1n) is 10.8. The molecule has 3 aromatic carbocycles. The van der Waals surface area contributed by atoms with Crippen LogP contribution in [0.1, 0.15) is 20.7 Å². The summed E-state index contributed by atoms with van der Waals surface area (Å²) in [6, 6.07) is 22.4. The standard InChI is InChI=1S/C26H27N3O4/c1-32-21-16-19(17-22(18-21)33-2)25(30)28-12-14-29(15-13-28)26(31)23-10-6-7-11-24(23)27-20-8-4-3-5-9-20/h3-11,16-18,27H,12-15H2,1-2H3. The van der Waals surface area contributed by atoms with Gasteiger partial charge in [0.1, 0.15) is 11.5 Å². The van der Waals surface area contributed by atoms with Crippen LogP contribution in [0, 0.1) is 0 Å². The van der Waals surface area contributed by atoms with Gasteiger partial charge in [0.15, 0.2) is 0 Å². The molecule has 2 amide bonds. The highest BCUT2D eigenvalue weighted by molar-refractivity contribution is 6.00. The summed E-state index contributed by atoms with van der Waals surface area (Å²) < 4.78 is 10.6. The van der Waals surface area contributed by atoms with E-state index >= 15 is 0 Å². The number of amides is 2. The molecule has 0 aliphatic carbocycles. The van der Waals surface area contributed by atoms with Crippen molar-refractivity contribution >= 4 is 23.2 Å². The SMILES string of the molecule is COc1cc(OC)cc(C(=O)N2CCN(C(=O)c3ccccc3Nc3ccccc3)CC2)c1. The molecule has 7 heteroatoms. The van der Waals surface area contributed by atoms with Crippen LogP contribution in [0.3, 0.4) is 0 Å². The molecule has 7 nitrogen and oxygen atoms in total. The van der Waals surface area contributed by atoms with E-state index in [4.69, 9.17) is 9.47 Å². The van der Waals surface area contributed by atoms with Gasteiger partial charge in [-0.2, -0.15) is 0 Å². The van der Waals surface area contributed by atoms with Crippen molar-refractivity contribution in [2.45, 2.75) is 0 Å². The van der Waals surface area contributed by atoms with E-state index in [9.17, 15) is 9.59 Å². The molecule has 0 radical (unpaired) electrons. The molecular formula is C26H27N3O4. The molecule has 0 unspecified atom stereocenters. The van der Waals surface area contributed by atoms with Crippen LogP contribution in [0.25, 0.3) is 0 Å². The predicted octanol–water partition coefficient (Wildman–Crippen LogP) is 4.05. The number of ether oxygens (including phenoxy) is 2. The lowest BCUT2D eigenvalue weighted by molar-refractivity contribution is 0.0535. The number of para-hydroxylation sites is 2. The van der Waals surface area contributed by atoms with E-state index in [1.165, 1.54) is 0 Å². The summed E-state index contributed by atoms with van der Waals surface area (Å²) in [6.07, 6.45) is 0. The molecule has 3 aromatic rings. The van der Waals surface area contributed by atoms with Gasteiger partial charge in [0.05, 0.1) is 25.5 Å². The molecule has 1 saturated heterocycles. The zero-order valence-corrected chi connectivity index (χ0v) is 18.8. The van der Waals surface area contributed by atoms with Crippen LogP contribution in [-0.4, -0.2) is 62.0 Å². The smallest absolute Gasteiger partial charge is 0.256 e. The molecule has 1 aliphatic heterocycles. The maximum Gasteiger partial charge on any atom is 0.256 e. The van der Waals surface area contributed by atoms with Crippen molar-refractivity contribution in [1.82, 2.24) is 9.80 Å². The molecule has 0 aromatic heterocycles. The third-order valence-corrected chi connectivity index (χ3v) is 5.66. The lowest BCUT2D eigenvalue weighted by Gasteiger charge is -2.35. The maximum atomic E-state index is 13.3. The Morgan fingerprint density at radius 2 is 1.27 bits per heavy atom. The first kappa shape index (κ1) is 22.2. The van der Waals surface area contributed by atoms with Crippen LogP contribution in [0.2, 0.25) is 0 Å². The number of benzene rings is 3. The molecule has 1 fully saturated rings. The van der Waals surface area contributed by atoms with E-state index in [2.05, 4.69) is 5.32 Å². The predicted molar refractivity (Wildman–Crippen MR) is 128 cm³/mol. The second kappa shape index (κ2) is 10.1. The number of nitrogens with zero attached hydrogens (tertiary/aromatic N) is 2. The number of carbonyl (C=O) groups is 2. The first-order valence-corrected chi connectivity index (χ1v) is 10.8. The second-order valence-electron chi connectivity index (χ2n) is 7.72. The number of hydrogen-bond acceptors (Lipinski definition) is 5. The maximum absolute atomic E-state index is 13.3. The Morgan fingerprint density at radius 1 is 0.727 bits per heavy atom. The monoisotopic (exact) mass is 445 g/mol. The van der Waals surface area contributed by atoms with E-state index in [0.717, 1.165) is 11.4 Å². The fourth-order valence-corrected chi connectivity index (χ4v) is 3.85. The summed E-state index contributed by atoms with van der Waals surface area (Å²) in [5.74, 6) is 0.970. The summed E-state index contributed by atoms with van der Waals surface area (Å²) in [7, 11) is 3.11. The van der Waals surface area contributed by atoms with Gasteiger partial charge >= 0.3 is 0 Å². The molecule has 33 heavy (non-hydrogen) atoms. The fourth-order valence-electron chi connectivity index (χ4n) is 3.85. The Labute approximate surface area is 193 Å². The third-order valence-electron chi connectivity index (χ3n) is 5.66. The van der Waals surface area contributed by atoms with Crippen LogP contribution in [0.5, 0.6) is 11.5 Å². The lowest BCUT2D eigenvalue weighted by atomic mass is 10.1. The van der Waals surface area contributed by atoms with Gasteiger partial charge < -0.3 is 24.6 Å². The highest BCUT2D eigenvalue weighted by Crippen LogP contribution is 2.25. The van der Waals surface area contributed by atoms with Crippen LogP contribution in [-0.2, 0) is 0 Å². The Balaban J connectivity index is 1.43. The Morgan fingerprint density at radius 3 is 1.88 bits per heavy atom. The summed E-state index contributed by atoms with van der Waals surface area (Å²) in [5, 5.41) is 3.33.